The van der Waals surface area contributed by atoms with Crippen LogP contribution < -0.4 is 0 Å². The molecule has 5 fully saturated rings. The van der Waals surface area contributed by atoms with Gasteiger partial charge in [-0.15, -0.1) is 0 Å². The van der Waals surface area contributed by atoms with Crippen molar-refractivity contribution in [3.8, 4) is 0 Å². The Bertz CT molecular complexity index is 982. The van der Waals surface area contributed by atoms with Gasteiger partial charge in [-0.3, -0.25) is 4.79 Å². The van der Waals surface area contributed by atoms with Crippen molar-refractivity contribution in [2.24, 2.45) is 28.6 Å². The first-order chi connectivity index (χ1) is 17.8. The molecule has 3 aliphatic carbocycles. The number of rotatable bonds is 5. The third kappa shape index (κ3) is 4.45. The van der Waals surface area contributed by atoms with Crippen LogP contribution in [-0.4, -0.2) is 69.9 Å². The van der Waals surface area contributed by atoms with E-state index in [0.717, 1.165) is 19.3 Å². The summed E-state index contributed by atoms with van der Waals surface area (Å²) in [7, 11) is -0.622. The lowest BCUT2D eigenvalue weighted by atomic mass is 9.45. The number of carbonyl (C=O) groups excluding carboxylic acids is 1. The standard InChI is InChI=1S/C31H54O7Si/c1-26(2,3)39(11,12)38-30(9)21(32)16-19-15-20-29(8,14-13-22(34-18-33-10)31(20)17-35-31)25-23(24(30)27(19,4)5)36-28(6,7)37-25/h19-20,22-25H,13-18H2,1-12H3/t19-,20-,22-,23+,24-,25-,29+,30+,31-/m0/s1. The number of Topliss-reactive ketones (excluding diaryl/α,β-unsaturated/α-hetero) is 1. The third-order valence-corrected chi connectivity index (χ3v) is 16.6. The maximum atomic E-state index is 14.4. The van der Waals surface area contributed by atoms with Crippen molar-refractivity contribution in [2.45, 2.75) is 141 Å². The molecule has 2 saturated heterocycles. The Kier molecular flexibility index (Phi) is 7.01. The zero-order valence-corrected chi connectivity index (χ0v) is 27.6. The Balaban J connectivity index is 1.63. The van der Waals surface area contributed by atoms with Crippen molar-refractivity contribution in [1.29, 1.82) is 0 Å². The van der Waals surface area contributed by atoms with Gasteiger partial charge in [-0.05, 0) is 69.5 Å². The molecular formula is C31H54O7Si. The second-order valence-corrected chi connectivity index (χ2v) is 21.0. The van der Waals surface area contributed by atoms with E-state index in [1.807, 2.05) is 13.8 Å². The molecule has 39 heavy (non-hydrogen) atoms. The van der Waals surface area contributed by atoms with Crippen molar-refractivity contribution in [3.05, 3.63) is 0 Å². The summed E-state index contributed by atoms with van der Waals surface area (Å²) in [4.78, 5) is 14.4. The highest BCUT2D eigenvalue weighted by atomic mass is 28.4. The number of methoxy groups -OCH3 is 1. The minimum Gasteiger partial charge on any atom is -0.404 e. The quantitative estimate of drug-likeness (QED) is 0.226. The molecule has 0 unspecified atom stereocenters. The van der Waals surface area contributed by atoms with Crippen molar-refractivity contribution in [3.63, 3.8) is 0 Å². The monoisotopic (exact) mass is 566 g/mol. The van der Waals surface area contributed by atoms with Crippen LogP contribution in [0.3, 0.4) is 0 Å². The van der Waals surface area contributed by atoms with Crippen LogP contribution in [-0.2, 0) is 32.9 Å². The third-order valence-electron chi connectivity index (χ3n) is 12.1. The van der Waals surface area contributed by atoms with E-state index in [9.17, 15) is 4.79 Å². The Labute approximate surface area is 237 Å². The van der Waals surface area contributed by atoms with Gasteiger partial charge in [0, 0.05) is 30.8 Å². The molecule has 9 atom stereocenters. The zero-order chi connectivity index (χ0) is 29.0. The van der Waals surface area contributed by atoms with E-state index in [0.29, 0.717) is 13.0 Å². The average Bonchev–Trinajstić information content (AvgIpc) is 3.49. The number of carbonyl (C=O) groups is 1. The van der Waals surface area contributed by atoms with Crippen LogP contribution in [0, 0.1) is 28.6 Å². The molecule has 8 heteroatoms. The maximum Gasteiger partial charge on any atom is 0.193 e. The van der Waals surface area contributed by atoms with Crippen LogP contribution in [0.1, 0.15) is 88.0 Å². The van der Waals surface area contributed by atoms with Gasteiger partial charge in [-0.2, -0.15) is 0 Å². The molecule has 2 bridgehead atoms. The molecule has 2 heterocycles. The normalized spacial score (nSPS) is 46.8. The van der Waals surface area contributed by atoms with Gasteiger partial charge in [0.2, 0.25) is 0 Å². The second kappa shape index (κ2) is 9.07. The Morgan fingerprint density at radius 2 is 1.69 bits per heavy atom. The Morgan fingerprint density at radius 1 is 1.05 bits per heavy atom. The van der Waals surface area contributed by atoms with Gasteiger partial charge < -0.3 is 28.1 Å². The van der Waals surface area contributed by atoms with Crippen molar-refractivity contribution in [2.75, 3.05) is 20.5 Å². The molecule has 0 aromatic heterocycles. The van der Waals surface area contributed by atoms with Gasteiger partial charge >= 0.3 is 0 Å². The molecule has 0 radical (unpaired) electrons. The smallest absolute Gasteiger partial charge is 0.193 e. The molecule has 0 N–H and O–H groups in total. The molecule has 1 spiro atoms. The molecular weight excluding hydrogens is 512 g/mol. The summed E-state index contributed by atoms with van der Waals surface area (Å²) in [5.41, 5.74) is -1.70. The first-order valence-electron chi connectivity index (χ1n) is 15.1. The number of ether oxygens (including phenoxy) is 5. The van der Waals surface area contributed by atoms with Crippen LogP contribution in [0.25, 0.3) is 0 Å². The van der Waals surface area contributed by atoms with Crippen LogP contribution in [0.15, 0.2) is 0 Å². The highest BCUT2D eigenvalue weighted by molar-refractivity contribution is 6.74. The predicted molar refractivity (Wildman–Crippen MR) is 152 cm³/mol. The van der Waals surface area contributed by atoms with Gasteiger partial charge in [-0.25, -0.2) is 0 Å². The molecule has 0 aromatic carbocycles. The van der Waals surface area contributed by atoms with E-state index in [1.54, 1.807) is 7.11 Å². The number of ketones is 1. The number of hydrogen-bond acceptors (Lipinski definition) is 7. The van der Waals surface area contributed by atoms with Crippen LogP contribution in [0.2, 0.25) is 18.1 Å². The predicted octanol–water partition coefficient (Wildman–Crippen LogP) is 6.10. The van der Waals surface area contributed by atoms with Crippen LogP contribution >= 0.6 is 0 Å². The van der Waals surface area contributed by atoms with E-state index in [2.05, 4.69) is 61.6 Å². The van der Waals surface area contributed by atoms with Gasteiger partial charge in [-0.1, -0.05) is 41.5 Å². The SMILES string of the molecule is COCO[C@H]1CC[C@@]2(C)[C@H]3OC(C)(C)O[C@@H]3[C@H]3C(C)(C)[C@H](CC(=O)[C@@]3(C)O[Si](C)(C)C(C)(C)C)C[C@@H]2[C@@]12CO2. The number of epoxide rings is 1. The zero-order valence-electron chi connectivity index (χ0n) is 26.6. The highest BCUT2D eigenvalue weighted by Gasteiger charge is 2.74. The summed E-state index contributed by atoms with van der Waals surface area (Å²) in [6, 6.07) is 0. The van der Waals surface area contributed by atoms with Gasteiger partial charge in [0.1, 0.15) is 18.0 Å². The van der Waals surface area contributed by atoms with Gasteiger partial charge in [0.05, 0.1) is 24.9 Å². The molecule has 5 rings (SSSR count). The number of fused-ring (bicyclic) bond motifs is 7. The molecule has 2 aliphatic heterocycles. The van der Waals surface area contributed by atoms with Crippen LogP contribution in [0.4, 0.5) is 0 Å². The summed E-state index contributed by atoms with van der Waals surface area (Å²) in [6.07, 6.45) is 2.79. The lowest BCUT2D eigenvalue weighted by molar-refractivity contribution is -0.212. The van der Waals surface area contributed by atoms with E-state index in [4.69, 9.17) is 28.1 Å². The molecule has 0 aromatic rings. The van der Waals surface area contributed by atoms with Crippen LogP contribution in [0.5, 0.6) is 0 Å². The Hall–Kier alpha value is -0.353. The summed E-state index contributed by atoms with van der Waals surface area (Å²) < 4.78 is 38.9. The van der Waals surface area contributed by atoms with Crippen molar-refractivity contribution < 1.29 is 32.9 Å². The van der Waals surface area contributed by atoms with E-state index in [1.165, 1.54) is 0 Å². The Morgan fingerprint density at radius 3 is 2.26 bits per heavy atom. The minimum absolute atomic E-state index is 0.0159. The molecule has 3 saturated carbocycles. The highest BCUT2D eigenvalue weighted by Crippen LogP contribution is 2.67. The van der Waals surface area contributed by atoms with E-state index in [-0.39, 0.29) is 70.1 Å². The topological polar surface area (TPSA) is 75.8 Å². The van der Waals surface area contributed by atoms with E-state index < -0.39 is 19.7 Å². The fraction of sp³-hybridized carbons (Fsp3) is 0.968. The number of hydrogen-bond donors (Lipinski definition) is 0. The summed E-state index contributed by atoms with van der Waals surface area (Å²) in [6.45, 7) is 25.4. The lowest BCUT2D eigenvalue weighted by Crippen LogP contribution is -2.70. The summed E-state index contributed by atoms with van der Waals surface area (Å²) in [5, 5.41) is -0.0159. The first-order valence-corrected chi connectivity index (χ1v) is 18.0. The lowest BCUT2D eigenvalue weighted by Gasteiger charge is -2.63. The fourth-order valence-corrected chi connectivity index (χ4v) is 10.5. The summed E-state index contributed by atoms with van der Waals surface area (Å²) >= 11 is 0. The van der Waals surface area contributed by atoms with Gasteiger partial charge in [0.15, 0.2) is 19.9 Å². The largest absolute Gasteiger partial charge is 0.404 e. The first kappa shape index (κ1) is 30.1. The second-order valence-electron chi connectivity index (χ2n) is 16.3. The van der Waals surface area contributed by atoms with Crippen molar-refractivity contribution in [1.82, 2.24) is 0 Å². The summed E-state index contributed by atoms with van der Waals surface area (Å²) in [5.74, 6) is -0.294. The van der Waals surface area contributed by atoms with E-state index >= 15 is 0 Å². The molecule has 224 valence electrons. The molecule has 0 amide bonds. The van der Waals surface area contributed by atoms with Crippen molar-refractivity contribution >= 4 is 14.1 Å². The fourth-order valence-electron chi connectivity index (χ4n) is 8.88. The maximum absolute atomic E-state index is 14.4. The average molecular weight is 567 g/mol. The minimum atomic E-state index is -2.29. The van der Waals surface area contributed by atoms with Gasteiger partial charge in [0.25, 0.3) is 0 Å². The molecule has 5 aliphatic rings. The molecule has 7 nitrogen and oxygen atoms in total.